The second-order valence-corrected chi connectivity index (χ2v) is 7.26. The SMILES string of the molecule is Cc1ccc(C(=O)N2CCN(C(=O)CN3CCOCC3)CC2)s1. The molecule has 0 bridgehead atoms. The van der Waals surface area contributed by atoms with Crippen molar-refractivity contribution in [1.29, 1.82) is 0 Å². The van der Waals surface area contributed by atoms with Gasteiger partial charge in [-0.1, -0.05) is 0 Å². The molecule has 2 amide bonds. The normalized spacial score (nSPS) is 19.9. The minimum absolute atomic E-state index is 0.0865. The van der Waals surface area contributed by atoms with Crippen LogP contribution in [0.4, 0.5) is 0 Å². The van der Waals surface area contributed by atoms with Crippen LogP contribution in [0.15, 0.2) is 12.1 Å². The number of nitrogens with zero attached hydrogens (tertiary/aromatic N) is 3. The fraction of sp³-hybridized carbons (Fsp3) is 0.625. The van der Waals surface area contributed by atoms with E-state index in [0.717, 1.165) is 22.8 Å². The van der Waals surface area contributed by atoms with Crippen LogP contribution in [-0.2, 0) is 9.53 Å². The van der Waals surface area contributed by atoms with Crippen molar-refractivity contribution in [2.45, 2.75) is 6.92 Å². The smallest absolute Gasteiger partial charge is 0.264 e. The van der Waals surface area contributed by atoms with E-state index in [1.54, 1.807) is 0 Å². The summed E-state index contributed by atoms with van der Waals surface area (Å²) >= 11 is 1.53. The van der Waals surface area contributed by atoms with E-state index < -0.39 is 0 Å². The predicted molar refractivity (Wildman–Crippen MR) is 88.8 cm³/mol. The highest BCUT2D eigenvalue weighted by Crippen LogP contribution is 2.18. The highest BCUT2D eigenvalue weighted by molar-refractivity contribution is 7.13. The lowest BCUT2D eigenvalue weighted by Crippen LogP contribution is -2.53. The average molecular weight is 337 g/mol. The maximum absolute atomic E-state index is 12.4. The molecule has 2 saturated heterocycles. The molecule has 0 saturated carbocycles. The number of piperazine rings is 1. The molecule has 2 aliphatic heterocycles. The van der Waals surface area contributed by atoms with Gasteiger partial charge in [-0.25, -0.2) is 0 Å². The number of carbonyl (C=O) groups excluding carboxylic acids is 2. The number of aryl methyl sites for hydroxylation is 1. The minimum Gasteiger partial charge on any atom is -0.379 e. The van der Waals surface area contributed by atoms with Crippen LogP contribution in [0.1, 0.15) is 14.5 Å². The van der Waals surface area contributed by atoms with Gasteiger partial charge in [-0.15, -0.1) is 11.3 Å². The van der Waals surface area contributed by atoms with E-state index in [0.29, 0.717) is 45.9 Å². The van der Waals surface area contributed by atoms with Gasteiger partial charge in [0.25, 0.3) is 5.91 Å². The van der Waals surface area contributed by atoms with Crippen LogP contribution in [-0.4, -0.2) is 85.5 Å². The molecule has 23 heavy (non-hydrogen) atoms. The quantitative estimate of drug-likeness (QED) is 0.814. The predicted octanol–water partition coefficient (Wildman–Crippen LogP) is 0.673. The van der Waals surface area contributed by atoms with Crippen molar-refractivity contribution in [2.24, 2.45) is 0 Å². The van der Waals surface area contributed by atoms with Crippen molar-refractivity contribution in [3.05, 3.63) is 21.9 Å². The summed E-state index contributed by atoms with van der Waals surface area (Å²) in [6.45, 7) is 7.99. The average Bonchev–Trinajstić information content (AvgIpc) is 3.02. The Hall–Kier alpha value is -1.44. The van der Waals surface area contributed by atoms with Crippen LogP contribution < -0.4 is 0 Å². The molecule has 0 aromatic carbocycles. The summed E-state index contributed by atoms with van der Waals surface area (Å²) in [7, 11) is 0. The standard InChI is InChI=1S/C16H23N3O3S/c1-13-2-3-14(23-13)16(21)19-6-4-18(5-7-19)15(20)12-17-8-10-22-11-9-17/h2-3H,4-12H2,1H3. The molecule has 0 radical (unpaired) electrons. The van der Waals surface area contributed by atoms with Gasteiger partial charge in [0.1, 0.15) is 0 Å². The Morgan fingerprint density at radius 2 is 1.70 bits per heavy atom. The van der Waals surface area contributed by atoms with Crippen LogP contribution in [0.5, 0.6) is 0 Å². The number of amides is 2. The first-order valence-electron chi connectivity index (χ1n) is 8.07. The van der Waals surface area contributed by atoms with Crippen molar-refractivity contribution >= 4 is 23.2 Å². The molecule has 0 aliphatic carbocycles. The molecule has 0 N–H and O–H groups in total. The molecule has 0 spiro atoms. The summed E-state index contributed by atoms with van der Waals surface area (Å²) in [5.41, 5.74) is 0. The minimum atomic E-state index is 0.0865. The van der Waals surface area contributed by atoms with E-state index >= 15 is 0 Å². The van der Waals surface area contributed by atoms with E-state index in [1.165, 1.54) is 11.3 Å². The molecule has 126 valence electrons. The Balaban J connectivity index is 1.47. The monoisotopic (exact) mass is 337 g/mol. The van der Waals surface area contributed by atoms with Gasteiger partial charge in [0.15, 0.2) is 0 Å². The molecule has 2 fully saturated rings. The van der Waals surface area contributed by atoms with Crippen LogP contribution >= 0.6 is 11.3 Å². The molecular weight excluding hydrogens is 314 g/mol. The highest BCUT2D eigenvalue weighted by atomic mass is 32.1. The third kappa shape index (κ3) is 4.10. The fourth-order valence-electron chi connectivity index (χ4n) is 2.91. The number of morpholine rings is 1. The van der Waals surface area contributed by atoms with Gasteiger partial charge in [0, 0.05) is 44.1 Å². The third-order valence-corrected chi connectivity index (χ3v) is 5.32. The Bertz CT molecular complexity index is 561. The van der Waals surface area contributed by atoms with E-state index in [-0.39, 0.29) is 11.8 Å². The zero-order chi connectivity index (χ0) is 16.2. The van der Waals surface area contributed by atoms with E-state index in [2.05, 4.69) is 4.90 Å². The lowest BCUT2D eigenvalue weighted by molar-refractivity contribution is -0.134. The van der Waals surface area contributed by atoms with Crippen LogP contribution in [0.3, 0.4) is 0 Å². The van der Waals surface area contributed by atoms with Gasteiger partial charge >= 0.3 is 0 Å². The van der Waals surface area contributed by atoms with E-state index in [4.69, 9.17) is 4.74 Å². The first kappa shape index (κ1) is 16.4. The fourth-order valence-corrected chi connectivity index (χ4v) is 3.75. The number of carbonyl (C=O) groups is 2. The number of hydrogen-bond donors (Lipinski definition) is 0. The first-order valence-corrected chi connectivity index (χ1v) is 8.89. The van der Waals surface area contributed by atoms with Gasteiger partial charge in [0.2, 0.25) is 5.91 Å². The van der Waals surface area contributed by atoms with Crippen molar-refractivity contribution in [2.75, 3.05) is 59.0 Å². The topological polar surface area (TPSA) is 53.1 Å². The Morgan fingerprint density at radius 3 is 2.30 bits per heavy atom. The molecule has 6 nitrogen and oxygen atoms in total. The van der Waals surface area contributed by atoms with Crippen molar-refractivity contribution in [3.63, 3.8) is 0 Å². The maximum atomic E-state index is 12.4. The summed E-state index contributed by atoms with van der Waals surface area (Å²) in [6, 6.07) is 3.86. The van der Waals surface area contributed by atoms with E-state index in [9.17, 15) is 9.59 Å². The molecule has 3 heterocycles. The second kappa shape index (κ2) is 7.42. The molecule has 3 rings (SSSR count). The summed E-state index contributed by atoms with van der Waals surface area (Å²) in [4.78, 5) is 32.6. The maximum Gasteiger partial charge on any atom is 0.264 e. The molecule has 7 heteroatoms. The molecule has 0 atom stereocenters. The highest BCUT2D eigenvalue weighted by Gasteiger charge is 2.26. The Labute approximate surface area is 140 Å². The summed E-state index contributed by atoms with van der Waals surface area (Å²) in [6.07, 6.45) is 0. The molecular formula is C16H23N3O3S. The van der Waals surface area contributed by atoms with Crippen LogP contribution in [0.2, 0.25) is 0 Å². The number of thiophene rings is 1. The second-order valence-electron chi connectivity index (χ2n) is 5.97. The zero-order valence-electron chi connectivity index (χ0n) is 13.5. The van der Waals surface area contributed by atoms with Crippen LogP contribution in [0, 0.1) is 6.92 Å². The van der Waals surface area contributed by atoms with Gasteiger partial charge in [-0.2, -0.15) is 0 Å². The van der Waals surface area contributed by atoms with Crippen molar-refractivity contribution in [1.82, 2.24) is 14.7 Å². The van der Waals surface area contributed by atoms with Gasteiger partial charge in [0.05, 0.1) is 24.6 Å². The zero-order valence-corrected chi connectivity index (χ0v) is 14.3. The summed E-state index contributed by atoms with van der Waals surface area (Å²) in [5.74, 6) is 0.245. The summed E-state index contributed by atoms with van der Waals surface area (Å²) < 4.78 is 5.30. The lowest BCUT2D eigenvalue weighted by Gasteiger charge is -2.36. The van der Waals surface area contributed by atoms with Crippen molar-refractivity contribution < 1.29 is 14.3 Å². The Morgan fingerprint density at radius 1 is 1.04 bits per heavy atom. The third-order valence-electron chi connectivity index (χ3n) is 4.33. The molecule has 0 unspecified atom stereocenters. The number of hydrogen-bond acceptors (Lipinski definition) is 5. The van der Waals surface area contributed by atoms with Crippen LogP contribution in [0.25, 0.3) is 0 Å². The van der Waals surface area contributed by atoms with E-state index in [1.807, 2.05) is 28.9 Å². The molecule has 2 aliphatic rings. The Kier molecular flexibility index (Phi) is 5.30. The van der Waals surface area contributed by atoms with Gasteiger partial charge in [-0.3, -0.25) is 14.5 Å². The number of ether oxygens (including phenoxy) is 1. The lowest BCUT2D eigenvalue weighted by atomic mass is 10.2. The summed E-state index contributed by atoms with van der Waals surface area (Å²) in [5, 5.41) is 0. The van der Waals surface area contributed by atoms with Gasteiger partial charge in [-0.05, 0) is 19.1 Å². The largest absolute Gasteiger partial charge is 0.379 e. The number of rotatable bonds is 3. The molecule has 1 aromatic heterocycles. The van der Waals surface area contributed by atoms with Gasteiger partial charge < -0.3 is 14.5 Å². The first-order chi connectivity index (χ1) is 11.1. The van der Waals surface area contributed by atoms with Crippen molar-refractivity contribution in [3.8, 4) is 0 Å². The molecule has 1 aromatic rings.